The molecular weight excluding hydrogens is 304 g/mol. The van der Waals surface area contributed by atoms with Crippen LogP contribution in [0.3, 0.4) is 0 Å². The third kappa shape index (κ3) is 2.66. The van der Waals surface area contributed by atoms with Gasteiger partial charge in [-0.25, -0.2) is 4.98 Å². The van der Waals surface area contributed by atoms with Crippen LogP contribution in [0.2, 0.25) is 0 Å². The molecule has 0 unspecified atom stereocenters. The largest absolute Gasteiger partial charge is 0.361 e. The molecule has 94 valence electrons. The van der Waals surface area contributed by atoms with Crippen LogP contribution in [0.4, 0.5) is 5.82 Å². The third-order valence-corrected chi connectivity index (χ3v) is 3.22. The molecule has 0 aliphatic heterocycles. The van der Waals surface area contributed by atoms with Crippen molar-refractivity contribution >= 4 is 38.9 Å². The highest BCUT2D eigenvalue weighted by Crippen LogP contribution is 2.21. The topological polar surface area (TPSA) is 53.1 Å². The highest BCUT2D eigenvalue weighted by Gasteiger charge is 2.01. The lowest BCUT2D eigenvalue weighted by Gasteiger charge is -1.97. The molecule has 2 N–H and O–H groups in total. The second-order valence-electron chi connectivity index (χ2n) is 4.02. The van der Waals surface area contributed by atoms with Crippen LogP contribution < -0.4 is 5.43 Å². The summed E-state index contributed by atoms with van der Waals surface area (Å²) in [7, 11) is 0. The summed E-state index contributed by atoms with van der Waals surface area (Å²) in [5.41, 5.74) is 5.01. The molecule has 5 heteroatoms. The lowest BCUT2D eigenvalue weighted by molar-refractivity contribution is 1.23. The molecule has 0 spiro atoms. The van der Waals surface area contributed by atoms with Crippen LogP contribution in [-0.4, -0.2) is 16.2 Å². The first-order valence-corrected chi connectivity index (χ1v) is 6.59. The van der Waals surface area contributed by atoms with Gasteiger partial charge in [0.05, 0.1) is 6.21 Å². The average molecular weight is 315 g/mol. The van der Waals surface area contributed by atoms with E-state index in [2.05, 4.69) is 42.5 Å². The van der Waals surface area contributed by atoms with Gasteiger partial charge >= 0.3 is 0 Å². The number of rotatable bonds is 3. The summed E-state index contributed by atoms with van der Waals surface area (Å²) in [6.45, 7) is 0. The minimum Gasteiger partial charge on any atom is -0.361 e. The standard InChI is InChI=1S/C14H11BrN4/c15-11-4-5-13-12(7-11)10(8-17-13)9-18-19-14-3-1-2-6-16-14/h1-9,17H,(H,16,19)/b18-9+. The van der Waals surface area contributed by atoms with E-state index in [0.717, 1.165) is 26.8 Å². The summed E-state index contributed by atoms with van der Waals surface area (Å²) in [6, 6.07) is 11.7. The Bertz CT molecular complexity index is 719. The molecular formula is C14H11BrN4. The number of hydrazone groups is 1. The molecule has 2 aromatic heterocycles. The molecule has 0 saturated carbocycles. The fourth-order valence-corrected chi connectivity index (χ4v) is 2.18. The number of halogens is 1. The van der Waals surface area contributed by atoms with Gasteiger partial charge in [0, 0.05) is 33.3 Å². The number of benzene rings is 1. The van der Waals surface area contributed by atoms with Crippen LogP contribution in [0, 0.1) is 0 Å². The van der Waals surface area contributed by atoms with E-state index in [1.807, 2.05) is 36.5 Å². The van der Waals surface area contributed by atoms with Crippen molar-refractivity contribution in [1.29, 1.82) is 0 Å². The van der Waals surface area contributed by atoms with E-state index in [-0.39, 0.29) is 0 Å². The molecule has 0 radical (unpaired) electrons. The summed E-state index contributed by atoms with van der Waals surface area (Å²) in [4.78, 5) is 7.34. The van der Waals surface area contributed by atoms with Crippen LogP contribution >= 0.6 is 15.9 Å². The van der Waals surface area contributed by atoms with E-state index in [0.29, 0.717) is 0 Å². The van der Waals surface area contributed by atoms with Crippen LogP contribution in [0.5, 0.6) is 0 Å². The minimum absolute atomic E-state index is 0.722. The molecule has 0 amide bonds. The summed E-state index contributed by atoms with van der Waals surface area (Å²) in [5, 5.41) is 5.32. The van der Waals surface area contributed by atoms with E-state index < -0.39 is 0 Å². The molecule has 2 heterocycles. The molecule has 0 aliphatic carbocycles. The Labute approximate surface area is 118 Å². The lowest BCUT2D eigenvalue weighted by Crippen LogP contribution is -1.91. The lowest BCUT2D eigenvalue weighted by atomic mass is 10.2. The highest BCUT2D eigenvalue weighted by molar-refractivity contribution is 9.10. The fourth-order valence-electron chi connectivity index (χ4n) is 1.82. The van der Waals surface area contributed by atoms with Crippen molar-refractivity contribution < 1.29 is 0 Å². The minimum atomic E-state index is 0.722. The highest BCUT2D eigenvalue weighted by atomic mass is 79.9. The SMILES string of the molecule is Brc1ccc2[nH]cc(/C=N/Nc3ccccn3)c2c1. The molecule has 0 bridgehead atoms. The van der Waals surface area contributed by atoms with Crippen molar-refractivity contribution in [3.8, 4) is 0 Å². The van der Waals surface area contributed by atoms with Gasteiger partial charge in [-0.1, -0.05) is 22.0 Å². The quantitative estimate of drug-likeness (QED) is 0.571. The second-order valence-corrected chi connectivity index (χ2v) is 4.93. The first kappa shape index (κ1) is 11.9. The van der Waals surface area contributed by atoms with Gasteiger partial charge in [0.15, 0.2) is 0 Å². The summed E-state index contributed by atoms with van der Waals surface area (Å²) < 4.78 is 1.05. The van der Waals surface area contributed by atoms with Crippen molar-refractivity contribution in [1.82, 2.24) is 9.97 Å². The molecule has 4 nitrogen and oxygen atoms in total. The van der Waals surface area contributed by atoms with Gasteiger partial charge in [-0.15, -0.1) is 0 Å². The third-order valence-electron chi connectivity index (χ3n) is 2.72. The number of pyridine rings is 1. The number of aromatic nitrogens is 2. The molecule has 0 atom stereocenters. The predicted molar refractivity (Wildman–Crippen MR) is 81.5 cm³/mol. The predicted octanol–water partition coefficient (Wildman–Crippen LogP) is 3.77. The van der Waals surface area contributed by atoms with Crippen LogP contribution in [0.25, 0.3) is 10.9 Å². The van der Waals surface area contributed by atoms with Crippen molar-refractivity contribution in [2.75, 3.05) is 5.43 Å². The smallest absolute Gasteiger partial charge is 0.146 e. The first-order chi connectivity index (χ1) is 9.33. The van der Waals surface area contributed by atoms with E-state index in [1.54, 1.807) is 12.4 Å². The summed E-state index contributed by atoms with van der Waals surface area (Å²) >= 11 is 3.47. The number of fused-ring (bicyclic) bond motifs is 1. The average Bonchev–Trinajstić information content (AvgIpc) is 2.83. The zero-order valence-electron chi connectivity index (χ0n) is 9.97. The van der Waals surface area contributed by atoms with Crippen molar-refractivity contribution in [3.63, 3.8) is 0 Å². The maximum absolute atomic E-state index is 4.19. The van der Waals surface area contributed by atoms with Crippen LogP contribution in [0.1, 0.15) is 5.56 Å². The normalized spacial score (nSPS) is 11.2. The second kappa shape index (κ2) is 5.24. The zero-order chi connectivity index (χ0) is 13.1. The van der Waals surface area contributed by atoms with Gasteiger partial charge in [-0.2, -0.15) is 5.10 Å². The molecule has 19 heavy (non-hydrogen) atoms. The number of nitrogens with zero attached hydrogens (tertiary/aromatic N) is 2. The monoisotopic (exact) mass is 314 g/mol. The van der Waals surface area contributed by atoms with Crippen molar-refractivity contribution in [3.05, 3.63) is 58.8 Å². The summed E-state index contributed by atoms with van der Waals surface area (Å²) in [6.07, 6.45) is 5.43. The van der Waals surface area contributed by atoms with Gasteiger partial charge < -0.3 is 4.98 Å². The Morgan fingerprint density at radius 2 is 2.21 bits per heavy atom. The van der Waals surface area contributed by atoms with E-state index in [4.69, 9.17) is 0 Å². The zero-order valence-corrected chi connectivity index (χ0v) is 11.6. The van der Waals surface area contributed by atoms with Gasteiger partial charge in [-0.3, -0.25) is 5.43 Å². The maximum atomic E-state index is 4.19. The van der Waals surface area contributed by atoms with E-state index in [9.17, 15) is 0 Å². The van der Waals surface area contributed by atoms with E-state index in [1.165, 1.54) is 0 Å². The Morgan fingerprint density at radius 1 is 1.26 bits per heavy atom. The number of aromatic amines is 1. The molecule has 3 rings (SSSR count). The van der Waals surface area contributed by atoms with Gasteiger partial charge in [-0.05, 0) is 30.3 Å². The Morgan fingerprint density at radius 3 is 3.05 bits per heavy atom. The Kier molecular flexibility index (Phi) is 3.29. The van der Waals surface area contributed by atoms with Gasteiger partial charge in [0.2, 0.25) is 0 Å². The Hall–Kier alpha value is -2.14. The molecule has 1 aromatic carbocycles. The van der Waals surface area contributed by atoms with Crippen LogP contribution in [0.15, 0.2) is 58.4 Å². The summed E-state index contributed by atoms with van der Waals surface area (Å²) in [5.74, 6) is 0.722. The molecule has 0 saturated heterocycles. The molecule has 0 aliphatic rings. The van der Waals surface area contributed by atoms with Crippen LogP contribution in [-0.2, 0) is 0 Å². The first-order valence-electron chi connectivity index (χ1n) is 5.80. The maximum Gasteiger partial charge on any atom is 0.146 e. The molecule has 0 fully saturated rings. The number of H-pyrrole nitrogens is 1. The number of nitrogens with one attached hydrogen (secondary N) is 2. The number of hydrogen-bond donors (Lipinski definition) is 2. The van der Waals surface area contributed by atoms with E-state index >= 15 is 0 Å². The Balaban J connectivity index is 1.83. The molecule has 3 aromatic rings. The number of hydrogen-bond acceptors (Lipinski definition) is 3. The van der Waals surface area contributed by atoms with Crippen molar-refractivity contribution in [2.24, 2.45) is 5.10 Å². The van der Waals surface area contributed by atoms with Gasteiger partial charge in [0.1, 0.15) is 5.82 Å². The van der Waals surface area contributed by atoms with Crippen molar-refractivity contribution in [2.45, 2.75) is 0 Å². The fraction of sp³-hybridized carbons (Fsp3) is 0. The number of anilines is 1. The van der Waals surface area contributed by atoms with Gasteiger partial charge in [0.25, 0.3) is 0 Å².